The molecule has 226 valence electrons. The van der Waals surface area contributed by atoms with Crippen LogP contribution >= 0.6 is 0 Å². The molecule has 2 aliphatic heterocycles. The van der Waals surface area contributed by atoms with Crippen LogP contribution in [0.1, 0.15) is 0 Å². The number of nitrogens with one attached hydrogen (secondary N) is 3. The maximum Gasteiger partial charge on any atom is 0.247 e. The van der Waals surface area contributed by atoms with Crippen LogP contribution in [0.4, 0.5) is 44.5 Å². The standard InChI is InChI=1S/C33H34FN7O3/c1-2-31(42)37-25-5-3-4-23(20-25)32-29(36-24-6-9-27(10-7-24)40-12-16-43-17-13-40)22-35-33(39-32)38-26-8-11-28(34)30(21-26)41-14-18-44-19-15-41/h2-11,20-22,36H,1,12-19H2,(H,37,42)(H,35,38,39). The predicted molar refractivity (Wildman–Crippen MR) is 172 cm³/mol. The predicted octanol–water partition coefficient (Wildman–Crippen LogP) is 5.57. The summed E-state index contributed by atoms with van der Waals surface area (Å²) in [4.78, 5) is 25.7. The average Bonchev–Trinajstić information content (AvgIpc) is 3.07. The molecule has 0 unspecified atom stereocenters. The lowest BCUT2D eigenvalue weighted by atomic mass is 10.1. The zero-order chi connectivity index (χ0) is 30.3. The van der Waals surface area contributed by atoms with Gasteiger partial charge in [0, 0.05) is 54.5 Å². The number of amides is 1. The van der Waals surface area contributed by atoms with E-state index in [0.29, 0.717) is 60.7 Å². The first-order valence-electron chi connectivity index (χ1n) is 14.6. The lowest BCUT2D eigenvalue weighted by molar-refractivity contribution is -0.111. The number of carbonyl (C=O) groups is 1. The summed E-state index contributed by atoms with van der Waals surface area (Å²) < 4.78 is 25.6. The van der Waals surface area contributed by atoms with Crippen LogP contribution in [0.5, 0.6) is 0 Å². The van der Waals surface area contributed by atoms with Gasteiger partial charge in [-0.3, -0.25) is 4.79 Å². The summed E-state index contributed by atoms with van der Waals surface area (Å²) in [5.41, 5.74) is 5.83. The second-order valence-electron chi connectivity index (χ2n) is 10.4. The highest BCUT2D eigenvalue weighted by atomic mass is 19.1. The summed E-state index contributed by atoms with van der Waals surface area (Å²) in [5.74, 6) is -0.261. The Balaban J connectivity index is 1.30. The topological polar surface area (TPSA) is 104 Å². The first-order valence-corrected chi connectivity index (χ1v) is 14.6. The number of halogens is 1. The molecule has 1 amide bonds. The molecule has 6 rings (SSSR count). The van der Waals surface area contributed by atoms with Crippen molar-refractivity contribution in [1.29, 1.82) is 0 Å². The summed E-state index contributed by atoms with van der Waals surface area (Å²) in [7, 11) is 0. The Morgan fingerprint density at radius 3 is 2.27 bits per heavy atom. The van der Waals surface area contributed by atoms with E-state index in [1.165, 1.54) is 12.1 Å². The van der Waals surface area contributed by atoms with E-state index >= 15 is 0 Å². The smallest absolute Gasteiger partial charge is 0.247 e. The average molecular weight is 596 g/mol. The van der Waals surface area contributed by atoms with Crippen LogP contribution in [0, 0.1) is 5.82 Å². The molecule has 0 bridgehead atoms. The third kappa shape index (κ3) is 6.96. The van der Waals surface area contributed by atoms with Gasteiger partial charge in [0.1, 0.15) is 5.82 Å². The Morgan fingerprint density at radius 1 is 0.841 bits per heavy atom. The number of anilines is 7. The molecule has 2 aliphatic rings. The number of aromatic nitrogens is 2. The summed E-state index contributed by atoms with van der Waals surface area (Å²) in [5, 5.41) is 9.50. The van der Waals surface area contributed by atoms with Crippen molar-refractivity contribution in [2.75, 3.05) is 78.4 Å². The van der Waals surface area contributed by atoms with Crippen molar-refractivity contribution in [2.45, 2.75) is 0 Å². The van der Waals surface area contributed by atoms with Gasteiger partial charge >= 0.3 is 0 Å². The molecule has 3 aromatic carbocycles. The quantitative estimate of drug-likeness (QED) is 0.214. The van der Waals surface area contributed by atoms with Crippen LogP contribution < -0.4 is 25.8 Å². The summed E-state index contributed by atoms with van der Waals surface area (Å²) in [6.45, 7) is 9.05. The molecule has 0 saturated carbocycles. The highest BCUT2D eigenvalue weighted by Crippen LogP contribution is 2.33. The number of carbonyl (C=O) groups excluding carboxylic acids is 1. The third-order valence-electron chi connectivity index (χ3n) is 7.45. The molecule has 0 radical (unpaired) electrons. The largest absolute Gasteiger partial charge is 0.378 e. The van der Waals surface area contributed by atoms with E-state index in [1.54, 1.807) is 24.4 Å². The Morgan fingerprint density at radius 2 is 1.55 bits per heavy atom. The van der Waals surface area contributed by atoms with Gasteiger partial charge < -0.3 is 35.2 Å². The van der Waals surface area contributed by atoms with Gasteiger partial charge in [-0.2, -0.15) is 0 Å². The fourth-order valence-corrected chi connectivity index (χ4v) is 5.19. The summed E-state index contributed by atoms with van der Waals surface area (Å²) >= 11 is 0. The molecular weight excluding hydrogens is 561 g/mol. The zero-order valence-corrected chi connectivity index (χ0v) is 24.3. The molecule has 1 aromatic heterocycles. The van der Waals surface area contributed by atoms with Gasteiger partial charge in [0.2, 0.25) is 11.9 Å². The highest BCUT2D eigenvalue weighted by molar-refractivity contribution is 5.99. The minimum absolute atomic E-state index is 0.295. The number of ether oxygens (including phenoxy) is 2. The van der Waals surface area contributed by atoms with Crippen molar-refractivity contribution < 1.29 is 18.7 Å². The molecule has 3 heterocycles. The maximum absolute atomic E-state index is 14.7. The van der Waals surface area contributed by atoms with Crippen molar-refractivity contribution in [2.24, 2.45) is 0 Å². The number of hydrogen-bond donors (Lipinski definition) is 3. The molecule has 0 spiro atoms. The van der Waals surface area contributed by atoms with Crippen LogP contribution in [-0.2, 0) is 14.3 Å². The van der Waals surface area contributed by atoms with Gasteiger partial charge in [-0.15, -0.1) is 0 Å². The molecule has 0 aliphatic carbocycles. The minimum atomic E-state index is -0.307. The van der Waals surface area contributed by atoms with Crippen molar-refractivity contribution >= 4 is 46.0 Å². The molecule has 2 saturated heterocycles. The molecule has 4 aromatic rings. The van der Waals surface area contributed by atoms with Crippen LogP contribution in [-0.4, -0.2) is 68.5 Å². The van der Waals surface area contributed by atoms with Crippen molar-refractivity contribution in [3.8, 4) is 11.3 Å². The lowest BCUT2D eigenvalue weighted by Crippen LogP contribution is -2.36. The first kappa shape index (κ1) is 29.1. The minimum Gasteiger partial charge on any atom is -0.378 e. The van der Waals surface area contributed by atoms with Gasteiger partial charge in [0.15, 0.2) is 0 Å². The van der Waals surface area contributed by atoms with Gasteiger partial charge in [-0.25, -0.2) is 14.4 Å². The number of morpholine rings is 2. The number of benzene rings is 3. The van der Waals surface area contributed by atoms with Crippen LogP contribution in [0.3, 0.4) is 0 Å². The summed E-state index contributed by atoms with van der Waals surface area (Å²) in [6, 6.07) is 20.5. The molecule has 3 N–H and O–H groups in total. The van der Waals surface area contributed by atoms with Crippen molar-refractivity contribution in [1.82, 2.24) is 9.97 Å². The molecule has 11 heteroatoms. The fraction of sp³-hybridized carbons (Fsp3) is 0.242. The monoisotopic (exact) mass is 595 g/mol. The van der Waals surface area contributed by atoms with Crippen LogP contribution in [0.15, 0.2) is 85.6 Å². The summed E-state index contributed by atoms with van der Waals surface area (Å²) in [6.07, 6.45) is 2.93. The van der Waals surface area contributed by atoms with Crippen LogP contribution in [0.25, 0.3) is 11.3 Å². The van der Waals surface area contributed by atoms with E-state index in [1.807, 2.05) is 35.2 Å². The van der Waals surface area contributed by atoms with Crippen LogP contribution in [0.2, 0.25) is 0 Å². The van der Waals surface area contributed by atoms with E-state index in [4.69, 9.17) is 14.5 Å². The van der Waals surface area contributed by atoms with E-state index in [0.717, 1.165) is 43.2 Å². The first-order chi connectivity index (χ1) is 21.6. The molecule has 2 fully saturated rings. The Kier molecular flexibility index (Phi) is 8.95. The highest BCUT2D eigenvalue weighted by Gasteiger charge is 2.17. The number of nitrogens with zero attached hydrogens (tertiary/aromatic N) is 4. The number of hydrogen-bond acceptors (Lipinski definition) is 9. The van der Waals surface area contributed by atoms with E-state index in [2.05, 4.69) is 44.5 Å². The molecular formula is C33H34FN7O3. The van der Waals surface area contributed by atoms with Gasteiger partial charge in [0.25, 0.3) is 0 Å². The van der Waals surface area contributed by atoms with Gasteiger partial charge in [-0.1, -0.05) is 18.7 Å². The van der Waals surface area contributed by atoms with E-state index in [-0.39, 0.29) is 11.7 Å². The Bertz CT molecular complexity index is 1620. The Labute approximate surface area is 255 Å². The van der Waals surface area contributed by atoms with Crippen molar-refractivity contribution in [3.63, 3.8) is 0 Å². The van der Waals surface area contributed by atoms with Gasteiger partial charge in [0.05, 0.1) is 49.7 Å². The second kappa shape index (κ2) is 13.5. The molecule has 10 nitrogen and oxygen atoms in total. The van der Waals surface area contributed by atoms with Gasteiger partial charge in [-0.05, 0) is 60.7 Å². The molecule has 44 heavy (non-hydrogen) atoms. The SMILES string of the molecule is C=CC(=O)Nc1cccc(-c2nc(Nc3ccc(F)c(N4CCOCC4)c3)ncc2Nc2ccc(N3CCOCC3)cc2)c1. The van der Waals surface area contributed by atoms with Crippen molar-refractivity contribution in [3.05, 3.63) is 91.4 Å². The fourth-order valence-electron chi connectivity index (χ4n) is 5.19. The Hall–Kier alpha value is -5.00. The van der Waals surface area contributed by atoms with E-state index < -0.39 is 0 Å². The number of rotatable bonds is 9. The van der Waals surface area contributed by atoms with E-state index in [9.17, 15) is 9.18 Å². The third-order valence-corrected chi connectivity index (χ3v) is 7.45. The molecule has 0 atom stereocenters. The zero-order valence-electron chi connectivity index (χ0n) is 24.3. The normalized spacial score (nSPS) is 15.0. The lowest BCUT2D eigenvalue weighted by Gasteiger charge is -2.29. The maximum atomic E-state index is 14.7. The second-order valence-corrected chi connectivity index (χ2v) is 10.4.